The summed E-state index contributed by atoms with van der Waals surface area (Å²) in [6.45, 7) is 4.41. The molecular weight excluding hydrogens is 344 g/mol. The Hall–Kier alpha value is -2.31. The van der Waals surface area contributed by atoms with E-state index in [1.807, 2.05) is 46.7 Å². The minimum absolute atomic E-state index is 0.0230. The molecule has 134 valence electrons. The number of amides is 1. The zero-order chi connectivity index (χ0) is 17.8. The number of thiazole rings is 1. The third-order valence-corrected chi connectivity index (χ3v) is 5.56. The van der Waals surface area contributed by atoms with E-state index in [4.69, 9.17) is 0 Å². The highest BCUT2D eigenvalue weighted by Crippen LogP contribution is 2.16. The van der Waals surface area contributed by atoms with E-state index in [1.165, 1.54) is 12.8 Å². The van der Waals surface area contributed by atoms with E-state index in [1.54, 1.807) is 17.5 Å². The molecule has 26 heavy (non-hydrogen) atoms. The molecule has 0 N–H and O–H groups in total. The van der Waals surface area contributed by atoms with Crippen LogP contribution in [-0.2, 0) is 6.54 Å². The molecule has 5 nitrogen and oxygen atoms in total. The van der Waals surface area contributed by atoms with Gasteiger partial charge in [0.15, 0.2) is 0 Å². The van der Waals surface area contributed by atoms with Gasteiger partial charge < -0.3 is 9.80 Å². The van der Waals surface area contributed by atoms with Crippen molar-refractivity contribution in [2.45, 2.75) is 19.4 Å². The van der Waals surface area contributed by atoms with Crippen LogP contribution in [0, 0.1) is 0 Å². The summed E-state index contributed by atoms with van der Waals surface area (Å²) in [4.78, 5) is 26.4. The fraction of sp³-hybridized carbons (Fsp3) is 0.350. The molecule has 6 heteroatoms. The zero-order valence-corrected chi connectivity index (χ0v) is 15.5. The molecule has 0 unspecified atom stereocenters. The lowest BCUT2D eigenvalue weighted by molar-refractivity contribution is 0.0721. The molecule has 0 spiro atoms. The van der Waals surface area contributed by atoms with Gasteiger partial charge in [-0.05, 0) is 38.1 Å². The third-order valence-electron chi connectivity index (χ3n) is 4.80. The number of rotatable bonds is 6. The van der Waals surface area contributed by atoms with E-state index in [9.17, 15) is 4.79 Å². The van der Waals surface area contributed by atoms with Crippen LogP contribution in [0.1, 0.15) is 28.3 Å². The van der Waals surface area contributed by atoms with Gasteiger partial charge in [-0.15, -0.1) is 11.3 Å². The standard InChI is InChI=1S/C20H22N4OS/c25-20(18-8-7-16-5-1-2-6-17(16)22-18)24(15-19-21-9-14-26-19)13-12-23-10-3-4-11-23/h1-2,5-9,14H,3-4,10-13,15H2. The monoisotopic (exact) mass is 366 g/mol. The van der Waals surface area contributed by atoms with Crippen molar-refractivity contribution < 1.29 is 4.79 Å². The van der Waals surface area contributed by atoms with Gasteiger partial charge in [-0.3, -0.25) is 4.79 Å². The van der Waals surface area contributed by atoms with Crippen molar-refractivity contribution in [1.29, 1.82) is 0 Å². The van der Waals surface area contributed by atoms with Gasteiger partial charge in [0, 0.05) is 30.1 Å². The van der Waals surface area contributed by atoms with Crippen LogP contribution in [0.5, 0.6) is 0 Å². The Bertz CT molecular complexity index is 874. The largest absolute Gasteiger partial charge is 0.329 e. The van der Waals surface area contributed by atoms with Crippen molar-refractivity contribution >= 4 is 28.1 Å². The van der Waals surface area contributed by atoms with Crippen LogP contribution in [0.25, 0.3) is 10.9 Å². The normalized spacial score (nSPS) is 14.8. The number of para-hydroxylation sites is 1. The molecule has 3 aromatic rings. The molecule has 1 fully saturated rings. The van der Waals surface area contributed by atoms with E-state index < -0.39 is 0 Å². The Balaban J connectivity index is 1.54. The van der Waals surface area contributed by atoms with E-state index in [2.05, 4.69) is 14.9 Å². The number of likely N-dealkylation sites (tertiary alicyclic amines) is 1. The number of hydrogen-bond acceptors (Lipinski definition) is 5. The highest BCUT2D eigenvalue weighted by atomic mass is 32.1. The van der Waals surface area contributed by atoms with Crippen molar-refractivity contribution in [2.75, 3.05) is 26.2 Å². The Morgan fingerprint density at radius 2 is 2.00 bits per heavy atom. The van der Waals surface area contributed by atoms with Crippen molar-refractivity contribution in [3.05, 3.63) is 58.7 Å². The van der Waals surface area contributed by atoms with Gasteiger partial charge in [-0.2, -0.15) is 0 Å². The molecule has 1 amide bonds. The Morgan fingerprint density at radius 3 is 2.81 bits per heavy atom. The van der Waals surface area contributed by atoms with E-state index >= 15 is 0 Å². The van der Waals surface area contributed by atoms with Gasteiger partial charge in [0.2, 0.25) is 0 Å². The van der Waals surface area contributed by atoms with Crippen molar-refractivity contribution in [3.63, 3.8) is 0 Å². The number of pyridine rings is 1. The average molecular weight is 366 g/mol. The maximum atomic E-state index is 13.1. The second kappa shape index (κ2) is 7.93. The van der Waals surface area contributed by atoms with E-state index in [0.717, 1.165) is 35.5 Å². The van der Waals surface area contributed by atoms with Gasteiger partial charge in [0.25, 0.3) is 5.91 Å². The summed E-state index contributed by atoms with van der Waals surface area (Å²) in [5, 5.41) is 3.96. The van der Waals surface area contributed by atoms with E-state index in [-0.39, 0.29) is 5.91 Å². The van der Waals surface area contributed by atoms with Crippen molar-refractivity contribution in [2.24, 2.45) is 0 Å². The predicted octanol–water partition coefficient (Wildman–Crippen LogP) is 3.43. The molecule has 1 aliphatic heterocycles. The first-order chi connectivity index (χ1) is 12.8. The number of nitrogens with zero attached hydrogens (tertiary/aromatic N) is 4. The van der Waals surface area contributed by atoms with Gasteiger partial charge in [-0.1, -0.05) is 24.3 Å². The minimum Gasteiger partial charge on any atom is -0.329 e. The molecule has 0 radical (unpaired) electrons. The average Bonchev–Trinajstić information content (AvgIpc) is 3.38. The predicted molar refractivity (Wildman–Crippen MR) is 104 cm³/mol. The van der Waals surface area contributed by atoms with Gasteiger partial charge >= 0.3 is 0 Å². The summed E-state index contributed by atoms with van der Waals surface area (Å²) in [6, 6.07) is 11.7. The highest BCUT2D eigenvalue weighted by Gasteiger charge is 2.21. The minimum atomic E-state index is -0.0230. The molecule has 2 aromatic heterocycles. The van der Waals surface area contributed by atoms with Gasteiger partial charge in [0.1, 0.15) is 10.7 Å². The van der Waals surface area contributed by atoms with Crippen molar-refractivity contribution in [1.82, 2.24) is 19.8 Å². The number of carbonyl (C=O) groups excluding carboxylic acids is 1. The number of aromatic nitrogens is 2. The highest BCUT2D eigenvalue weighted by molar-refractivity contribution is 7.09. The lowest BCUT2D eigenvalue weighted by Crippen LogP contribution is -2.37. The number of carbonyl (C=O) groups is 1. The SMILES string of the molecule is O=C(c1ccc2ccccc2n1)N(CCN1CCCC1)Cc1nccs1. The fourth-order valence-electron chi connectivity index (χ4n) is 3.36. The summed E-state index contributed by atoms with van der Waals surface area (Å²) in [7, 11) is 0. The summed E-state index contributed by atoms with van der Waals surface area (Å²) in [5.74, 6) is -0.0230. The first-order valence-electron chi connectivity index (χ1n) is 9.05. The summed E-state index contributed by atoms with van der Waals surface area (Å²) in [6.07, 6.45) is 4.30. The Morgan fingerprint density at radius 1 is 1.15 bits per heavy atom. The molecular formula is C20H22N4OS. The van der Waals surface area contributed by atoms with Crippen molar-refractivity contribution in [3.8, 4) is 0 Å². The maximum absolute atomic E-state index is 13.1. The molecule has 4 rings (SSSR count). The molecule has 1 aliphatic rings. The van der Waals surface area contributed by atoms with Gasteiger partial charge in [0.05, 0.1) is 12.1 Å². The quantitative estimate of drug-likeness (QED) is 0.671. The number of benzene rings is 1. The van der Waals surface area contributed by atoms with Crippen LogP contribution in [0.4, 0.5) is 0 Å². The van der Waals surface area contributed by atoms with Crippen LogP contribution in [0.3, 0.4) is 0 Å². The molecule has 3 heterocycles. The lowest BCUT2D eigenvalue weighted by Gasteiger charge is -2.24. The van der Waals surface area contributed by atoms with Crippen LogP contribution >= 0.6 is 11.3 Å². The molecule has 1 saturated heterocycles. The first-order valence-corrected chi connectivity index (χ1v) is 9.93. The Kier molecular flexibility index (Phi) is 5.22. The zero-order valence-electron chi connectivity index (χ0n) is 14.7. The molecule has 0 saturated carbocycles. The number of hydrogen-bond donors (Lipinski definition) is 0. The summed E-state index contributed by atoms with van der Waals surface area (Å²) in [5.41, 5.74) is 1.36. The fourth-order valence-corrected chi connectivity index (χ4v) is 3.99. The second-order valence-corrected chi connectivity index (χ2v) is 7.57. The first kappa shape index (κ1) is 17.1. The Labute approximate surface area is 157 Å². The van der Waals surface area contributed by atoms with Crippen LogP contribution in [0.15, 0.2) is 48.0 Å². The molecule has 0 bridgehead atoms. The summed E-state index contributed by atoms with van der Waals surface area (Å²) >= 11 is 1.59. The van der Waals surface area contributed by atoms with Crippen LogP contribution in [0.2, 0.25) is 0 Å². The maximum Gasteiger partial charge on any atom is 0.272 e. The second-order valence-electron chi connectivity index (χ2n) is 6.59. The van der Waals surface area contributed by atoms with Gasteiger partial charge in [-0.25, -0.2) is 9.97 Å². The third kappa shape index (κ3) is 3.92. The molecule has 0 atom stereocenters. The smallest absolute Gasteiger partial charge is 0.272 e. The van der Waals surface area contributed by atoms with Crippen LogP contribution < -0.4 is 0 Å². The summed E-state index contributed by atoms with van der Waals surface area (Å²) < 4.78 is 0. The molecule has 0 aliphatic carbocycles. The molecule has 1 aromatic carbocycles. The number of fused-ring (bicyclic) bond motifs is 1. The topological polar surface area (TPSA) is 49.3 Å². The van der Waals surface area contributed by atoms with E-state index in [0.29, 0.717) is 18.8 Å². The lowest BCUT2D eigenvalue weighted by atomic mass is 10.2. The van der Waals surface area contributed by atoms with Crippen LogP contribution in [-0.4, -0.2) is 51.9 Å².